The fourth-order valence-electron chi connectivity index (χ4n) is 1.94. The third-order valence-electron chi connectivity index (χ3n) is 3.00. The molecule has 1 aromatic rings. The standard InChI is InChI=1S/C12H16N3O2.Rb/c1-14-8-6-10(7-9-14)13-11-4-2-3-5-12(11)15(16)17;/h2-5,13H,6-9H2,1H3;/q-1;+1. The van der Waals surface area contributed by atoms with E-state index in [4.69, 9.17) is 0 Å². The van der Waals surface area contributed by atoms with Crippen molar-refractivity contribution in [2.24, 2.45) is 0 Å². The number of para-hydroxylation sites is 2. The molecule has 1 heterocycles. The van der Waals surface area contributed by atoms with Crippen molar-refractivity contribution in [3.8, 4) is 0 Å². The Morgan fingerprint density at radius 2 is 1.94 bits per heavy atom. The van der Waals surface area contributed by atoms with E-state index in [2.05, 4.69) is 17.3 Å². The number of likely N-dealkylation sites (tertiary alicyclic amines) is 1. The minimum absolute atomic E-state index is 0. The largest absolute Gasteiger partial charge is 1.00 e. The van der Waals surface area contributed by atoms with Gasteiger partial charge in [-0.2, -0.15) is 0 Å². The number of nitro benzene ring substituents is 1. The fraction of sp³-hybridized carbons (Fsp3) is 0.417. The monoisotopic (exact) mass is 319 g/mol. The zero-order valence-corrected chi connectivity index (χ0v) is 15.8. The van der Waals surface area contributed by atoms with Crippen LogP contribution in [0.15, 0.2) is 24.3 Å². The summed E-state index contributed by atoms with van der Waals surface area (Å²) < 4.78 is 0. The average molecular weight is 320 g/mol. The van der Waals surface area contributed by atoms with Gasteiger partial charge < -0.3 is 10.2 Å². The summed E-state index contributed by atoms with van der Waals surface area (Å²) in [6.07, 6.45) is 1.89. The number of nitrogens with zero attached hydrogens (tertiary/aromatic N) is 2. The molecule has 1 aromatic carbocycles. The van der Waals surface area contributed by atoms with Crippen molar-refractivity contribution >= 4 is 11.4 Å². The first-order valence-electron chi connectivity index (χ1n) is 5.70. The van der Waals surface area contributed by atoms with Crippen LogP contribution in [0.25, 0.3) is 0 Å². The van der Waals surface area contributed by atoms with Gasteiger partial charge in [0.05, 0.1) is 10.6 Å². The second kappa shape index (κ2) is 7.70. The molecule has 0 aromatic heterocycles. The first kappa shape index (κ1) is 16.2. The summed E-state index contributed by atoms with van der Waals surface area (Å²) in [6.45, 7) is 2.01. The SMILES string of the molecule is CN1CC[C-](Nc2ccccc2[N+](=O)[O-])CC1.[Rb+]. The molecular formula is C12H16N3O2Rb. The van der Waals surface area contributed by atoms with Crippen LogP contribution in [0.5, 0.6) is 0 Å². The van der Waals surface area contributed by atoms with E-state index in [0.29, 0.717) is 5.69 Å². The van der Waals surface area contributed by atoms with Crippen LogP contribution in [0.2, 0.25) is 0 Å². The number of benzene rings is 1. The maximum Gasteiger partial charge on any atom is 1.00 e. The minimum Gasteiger partial charge on any atom is -0.527 e. The molecule has 0 amide bonds. The van der Waals surface area contributed by atoms with Crippen molar-refractivity contribution in [2.45, 2.75) is 12.8 Å². The van der Waals surface area contributed by atoms with Crippen LogP contribution >= 0.6 is 0 Å². The van der Waals surface area contributed by atoms with E-state index in [-0.39, 0.29) is 68.8 Å². The maximum absolute atomic E-state index is 10.9. The molecule has 1 saturated heterocycles. The molecule has 6 heteroatoms. The predicted molar refractivity (Wildman–Crippen MR) is 66.7 cm³/mol. The Hall–Kier alpha value is 0.185. The summed E-state index contributed by atoms with van der Waals surface area (Å²) in [5.74, 6) is 0. The van der Waals surface area contributed by atoms with Gasteiger partial charge in [-0.1, -0.05) is 12.1 Å². The van der Waals surface area contributed by atoms with Crippen LogP contribution < -0.4 is 63.5 Å². The number of hydrogen-bond donors (Lipinski definition) is 1. The third-order valence-corrected chi connectivity index (χ3v) is 3.00. The molecular weight excluding hydrogens is 304 g/mol. The summed E-state index contributed by atoms with van der Waals surface area (Å²) in [6, 6.07) is 7.95. The van der Waals surface area contributed by atoms with Gasteiger partial charge in [0.1, 0.15) is 0 Å². The first-order valence-corrected chi connectivity index (χ1v) is 5.70. The van der Waals surface area contributed by atoms with Crippen LogP contribution in [-0.2, 0) is 0 Å². The van der Waals surface area contributed by atoms with Gasteiger partial charge in [0.15, 0.2) is 0 Å². The molecule has 2 rings (SSSR count). The summed E-state index contributed by atoms with van der Waals surface area (Å²) >= 11 is 0. The van der Waals surface area contributed by atoms with Gasteiger partial charge in [-0.25, -0.2) is 6.04 Å². The van der Waals surface area contributed by atoms with Crippen LogP contribution in [0.4, 0.5) is 11.4 Å². The van der Waals surface area contributed by atoms with Crippen LogP contribution in [0.3, 0.4) is 0 Å². The van der Waals surface area contributed by atoms with Crippen LogP contribution in [0, 0.1) is 16.2 Å². The molecule has 1 fully saturated rings. The van der Waals surface area contributed by atoms with Gasteiger partial charge in [-0.3, -0.25) is 10.1 Å². The summed E-state index contributed by atoms with van der Waals surface area (Å²) in [5, 5.41) is 14.1. The summed E-state index contributed by atoms with van der Waals surface area (Å²) in [5.41, 5.74) is 0.732. The molecule has 0 bridgehead atoms. The molecule has 0 radical (unpaired) electrons. The zero-order chi connectivity index (χ0) is 12.3. The van der Waals surface area contributed by atoms with Gasteiger partial charge >= 0.3 is 58.2 Å². The molecule has 0 saturated carbocycles. The summed E-state index contributed by atoms with van der Waals surface area (Å²) in [4.78, 5) is 12.8. The van der Waals surface area contributed by atoms with E-state index in [1.54, 1.807) is 12.1 Å². The van der Waals surface area contributed by atoms with Crippen molar-refractivity contribution < 1.29 is 63.1 Å². The number of nitrogens with one attached hydrogen (secondary N) is 1. The van der Waals surface area contributed by atoms with Crippen molar-refractivity contribution in [2.75, 3.05) is 25.5 Å². The number of rotatable bonds is 3. The number of piperidine rings is 1. The molecule has 92 valence electrons. The quantitative estimate of drug-likeness (QED) is 0.453. The summed E-state index contributed by atoms with van der Waals surface area (Å²) in [7, 11) is 2.09. The fourth-order valence-corrected chi connectivity index (χ4v) is 1.94. The van der Waals surface area contributed by atoms with E-state index in [0.717, 1.165) is 25.9 Å². The molecule has 1 aliphatic heterocycles. The van der Waals surface area contributed by atoms with Gasteiger partial charge in [0.2, 0.25) is 0 Å². The molecule has 1 aliphatic rings. The Labute approximate surface area is 156 Å². The Kier molecular flexibility index (Phi) is 6.94. The molecule has 0 atom stereocenters. The molecule has 0 unspecified atom stereocenters. The van der Waals surface area contributed by atoms with Crippen molar-refractivity contribution in [3.63, 3.8) is 0 Å². The van der Waals surface area contributed by atoms with E-state index in [9.17, 15) is 10.1 Å². The predicted octanol–water partition coefficient (Wildman–Crippen LogP) is -0.732. The normalized spacial score (nSPS) is 16.9. The van der Waals surface area contributed by atoms with Gasteiger partial charge in [-0.15, -0.1) is 12.8 Å². The Morgan fingerprint density at radius 1 is 1.33 bits per heavy atom. The van der Waals surface area contributed by atoms with E-state index < -0.39 is 0 Å². The maximum atomic E-state index is 10.9. The zero-order valence-electron chi connectivity index (χ0n) is 10.8. The number of nitro groups is 1. The van der Waals surface area contributed by atoms with Crippen LogP contribution in [-0.4, -0.2) is 30.0 Å². The van der Waals surface area contributed by atoms with Crippen molar-refractivity contribution in [3.05, 3.63) is 40.4 Å². The molecule has 5 nitrogen and oxygen atoms in total. The van der Waals surface area contributed by atoms with E-state index in [1.807, 2.05) is 6.07 Å². The third kappa shape index (κ3) is 4.38. The topological polar surface area (TPSA) is 58.4 Å². The smallest absolute Gasteiger partial charge is 0.527 e. The number of anilines is 1. The van der Waals surface area contributed by atoms with Crippen LogP contribution in [0.1, 0.15) is 12.8 Å². The average Bonchev–Trinajstić information content (AvgIpc) is 2.32. The molecule has 0 aliphatic carbocycles. The molecule has 0 spiro atoms. The van der Waals surface area contributed by atoms with E-state index in [1.165, 1.54) is 12.1 Å². The first-order chi connectivity index (χ1) is 8.16. The Morgan fingerprint density at radius 3 is 2.56 bits per heavy atom. The Bertz CT molecular complexity index is 406. The van der Waals surface area contributed by atoms with Gasteiger partial charge in [0.25, 0.3) is 5.69 Å². The van der Waals surface area contributed by atoms with E-state index >= 15 is 0 Å². The van der Waals surface area contributed by atoms with Gasteiger partial charge in [0, 0.05) is 6.07 Å². The van der Waals surface area contributed by atoms with Crippen molar-refractivity contribution in [1.29, 1.82) is 0 Å². The molecule has 18 heavy (non-hydrogen) atoms. The van der Waals surface area contributed by atoms with Crippen molar-refractivity contribution in [1.82, 2.24) is 4.90 Å². The second-order valence-corrected chi connectivity index (χ2v) is 4.31. The number of hydrogen-bond acceptors (Lipinski definition) is 4. The second-order valence-electron chi connectivity index (χ2n) is 4.31. The van der Waals surface area contributed by atoms with Gasteiger partial charge in [-0.05, 0) is 26.2 Å². The molecule has 1 N–H and O–H groups in total. The minimum atomic E-state index is -0.349. The Balaban J connectivity index is 0.00000162.